The van der Waals surface area contributed by atoms with Crippen molar-refractivity contribution in [2.45, 2.75) is 64.5 Å². The minimum absolute atomic E-state index is 0.0575. The Bertz CT molecular complexity index is 858. The molecular formula is C22H31N3O2S. The van der Waals surface area contributed by atoms with E-state index >= 15 is 0 Å². The first-order valence-electron chi connectivity index (χ1n) is 10.4. The first kappa shape index (κ1) is 20.6. The maximum atomic E-state index is 12.7. The number of methoxy groups -OCH3 is 1. The zero-order valence-corrected chi connectivity index (χ0v) is 17.7. The molecule has 0 aliphatic heterocycles. The summed E-state index contributed by atoms with van der Waals surface area (Å²) in [6, 6.07) is 8.15. The lowest BCUT2D eigenvalue weighted by molar-refractivity contribution is 0.234. The lowest BCUT2D eigenvalue weighted by atomic mass is 9.94. The summed E-state index contributed by atoms with van der Waals surface area (Å²) in [5.74, 6) is 0.737. The van der Waals surface area contributed by atoms with Gasteiger partial charge in [0.15, 0.2) is 5.11 Å². The molecule has 1 fully saturated rings. The number of benzene rings is 1. The third-order valence-electron chi connectivity index (χ3n) is 5.55. The van der Waals surface area contributed by atoms with Gasteiger partial charge in [0, 0.05) is 24.2 Å². The Labute approximate surface area is 172 Å². The molecule has 3 rings (SSSR count). The van der Waals surface area contributed by atoms with Crippen molar-refractivity contribution in [3.05, 3.63) is 40.2 Å². The number of aromatic amines is 1. The van der Waals surface area contributed by atoms with Gasteiger partial charge in [-0.25, -0.2) is 0 Å². The number of fused-ring (bicyclic) bond motifs is 1. The number of rotatable bonds is 7. The second kappa shape index (κ2) is 9.92. The van der Waals surface area contributed by atoms with Crippen LogP contribution in [0.25, 0.3) is 10.9 Å². The van der Waals surface area contributed by atoms with E-state index in [0.717, 1.165) is 59.6 Å². The summed E-state index contributed by atoms with van der Waals surface area (Å²) in [6.45, 7) is 3.60. The number of aromatic nitrogens is 1. The minimum Gasteiger partial charge on any atom is -0.497 e. The highest BCUT2D eigenvalue weighted by atomic mass is 32.1. The fourth-order valence-electron chi connectivity index (χ4n) is 3.89. The zero-order valence-electron chi connectivity index (χ0n) is 16.9. The number of unbranched alkanes of at least 4 members (excludes halogenated alkanes) is 1. The fraction of sp³-hybridized carbons (Fsp3) is 0.545. The maximum absolute atomic E-state index is 12.7. The number of thiocarbonyl (C=S) groups is 1. The average molecular weight is 402 g/mol. The molecule has 1 heterocycles. The molecule has 1 aromatic carbocycles. The predicted molar refractivity (Wildman–Crippen MR) is 119 cm³/mol. The Morgan fingerprint density at radius 2 is 2.07 bits per heavy atom. The van der Waals surface area contributed by atoms with Gasteiger partial charge in [-0.15, -0.1) is 0 Å². The maximum Gasteiger partial charge on any atom is 0.253 e. The molecule has 5 nitrogen and oxygen atoms in total. The molecule has 0 amide bonds. The van der Waals surface area contributed by atoms with E-state index in [9.17, 15) is 4.79 Å². The third kappa shape index (κ3) is 5.04. The number of pyridine rings is 1. The predicted octanol–water partition coefficient (Wildman–Crippen LogP) is 4.35. The molecule has 2 N–H and O–H groups in total. The van der Waals surface area contributed by atoms with Crippen LogP contribution in [0.15, 0.2) is 29.1 Å². The number of nitrogens with one attached hydrogen (secondary N) is 2. The molecule has 1 aliphatic carbocycles. The van der Waals surface area contributed by atoms with E-state index in [1.807, 2.05) is 24.3 Å². The van der Waals surface area contributed by atoms with E-state index in [1.54, 1.807) is 7.11 Å². The summed E-state index contributed by atoms with van der Waals surface area (Å²) in [6.07, 6.45) is 8.25. The molecule has 28 heavy (non-hydrogen) atoms. The lowest BCUT2D eigenvalue weighted by Crippen LogP contribution is -2.47. The van der Waals surface area contributed by atoms with Crippen molar-refractivity contribution in [3.8, 4) is 5.75 Å². The summed E-state index contributed by atoms with van der Waals surface area (Å²) in [5, 5.41) is 5.18. The van der Waals surface area contributed by atoms with Crippen LogP contribution < -0.4 is 15.6 Å². The highest BCUT2D eigenvalue weighted by Gasteiger charge is 2.24. The van der Waals surface area contributed by atoms with Gasteiger partial charge in [-0.2, -0.15) is 0 Å². The van der Waals surface area contributed by atoms with Crippen LogP contribution in [0.3, 0.4) is 0 Å². The van der Waals surface area contributed by atoms with Gasteiger partial charge in [-0.05, 0) is 55.1 Å². The van der Waals surface area contributed by atoms with Gasteiger partial charge in [-0.3, -0.25) is 4.79 Å². The topological polar surface area (TPSA) is 57.4 Å². The van der Waals surface area contributed by atoms with Crippen molar-refractivity contribution < 1.29 is 4.74 Å². The number of hydrogen-bond donors (Lipinski definition) is 2. The smallest absolute Gasteiger partial charge is 0.253 e. The van der Waals surface area contributed by atoms with E-state index in [4.69, 9.17) is 17.0 Å². The molecule has 1 aromatic heterocycles. The van der Waals surface area contributed by atoms with Gasteiger partial charge >= 0.3 is 0 Å². The van der Waals surface area contributed by atoms with Gasteiger partial charge in [0.25, 0.3) is 5.56 Å². The van der Waals surface area contributed by atoms with Crippen molar-refractivity contribution in [1.82, 2.24) is 15.2 Å². The van der Waals surface area contributed by atoms with Crippen molar-refractivity contribution in [2.24, 2.45) is 0 Å². The first-order chi connectivity index (χ1) is 13.6. The second-order valence-electron chi connectivity index (χ2n) is 7.58. The Balaban J connectivity index is 1.85. The van der Waals surface area contributed by atoms with Crippen LogP contribution in [0, 0.1) is 0 Å². The summed E-state index contributed by atoms with van der Waals surface area (Å²) in [5.41, 5.74) is 1.49. The van der Waals surface area contributed by atoms with E-state index in [1.165, 1.54) is 19.3 Å². The van der Waals surface area contributed by atoms with Crippen LogP contribution in [0.1, 0.15) is 57.4 Å². The molecule has 1 saturated carbocycles. The van der Waals surface area contributed by atoms with Gasteiger partial charge in [0.05, 0.1) is 19.2 Å². The molecule has 2 aromatic rings. The Morgan fingerprint density at radius 1 is 1.29 bits per heavy atom. The van der Waals surface area contributed by atoms with Crippen LogP contribution in [0.2, 0.25) is 0 Å². The summed E-state index contributed by atoms with van der Waals surface area (Å²) in [4.78, 5) is 18.0. The van der Waals surface area contributed by atoms with Gasteiger partial charge in [0.1, 0.15) is 5.75 Å². The molecule has 152 valence electrons. The molecule has 0 saturated heterocycles. The SMILES string of the molecule is CCCCNC(=S)N(Cc1cc2ccc(OC)cc2[nH]c1=O)C1CCCCC1. The van der Waals surface area contributed by atoms with E-state index < -0.39 is 0 Å². The highest BCUT2D eigenvalue weighted by molar-refractivity contribution is 7.80. The number of hydrogen-bond acceptors (Lipinski definition) is 3. The monoisotopic (exact) mass is 401 g/mol. The molecule has 0 spiro atoms. The fourth-order valence-corrected chi connectivity index (χ4v) is 4.20. The molecule has 0 radical (unpaired) electrons. The van der Waals surface area contributed by atoms with Gasteiger partial charge in [0.2, 0.25) is 0 Å². The molecule has 0 atom stereocenters. The number of nitrogens with zero attached hydrogens (tertiary/aromatic N) is 1. The van der Waals surface area contributed by atoms with E-state index in [-0.39, 0.29) is 5.56 Å². The Morgan fingerprint density at radius 3 is 2.79 bits per heavy atom. The van der Waals surface area contributed by atoms with Crippen molar-refractivity contribution >= 4 is 28.2 Å². The normalized spacial score (nSPS) is 14.8. The van der Waals surface area contributed by atoms with E-state index in [0.29, 0.717) is 12.6 Å². The Kier molecular flexibility index (Phi) is 7.31. The first-order valence-corrected chi connectivity index (χ1v) is 10.8. The zero-order chi connectivity index (χ0) is 19.9. The van der Waals surface area contributed by atoms with Crippen molar-refractivity contribution in [2.75, 3.05) is 13.7 Å². The van der Waals surface area contributed by atoms with Crippen LogP contribution >= 0.6 is 12.2 Å². The van der Waals surface area contributed by atoms with Crippen LogP contribution in [-0.2, 0) is 6.54 Å². The lowest BCUT2D eigenvalue weighted by Gasteiger charge is -2.36. The molecule has 0 bridgehead atoms. The minimum atomic E-state index is -0.0575. The van der Waals surface area contributed by atoms with Crippen LogP contribution in [0.4, 0.5) is 0 Å². The van der Waals surface area contributed by atoms with Crippen LogP contribution in [-0.4, -0.2) is 34.7 Å². The number of ether oxygens (including phenoxy) is 1. The van der Waals surface area contributed by atoms with Crippen molar-refractivity contribution in [1.29, 1.82) is 0 Å². The largest absolute Gasteiger partial charge is 0.497 e. The summed E-state index contributed by atoms with van der Waals surface area (Å²) >= 11 is 5.73. The van der Waals surface area contributed by atoms with Crippen molar-refractivity contribution in [3.63, 3.8) is 0 Å². The molecule has 1 aliphatic rings. The average Bonchev–Trinajstić information content (AvgIpc) is 2.72. The molecule has 6 heteroatoms. The quantitative estimate of drug-likeness (QED) is 0.534. The van der Waals surface area contributed by atoms with E-state index in [2.05, 4.69) is 22.1 Å². The number of H-pyrrole nitrogens is 1. The third-order valence-corrected chi connectivity index (χ3v) is 5.93. The van der Waals surface area contributed by atoms with Crippen LogP contribution in [0.5, 0.6) is 5.75 Å². The highest BCUT2D eigenvalue weighted by Crippen LogP contribution is 2.25. The molecular weight excluding hydrogens is 370 g/mol. The second-order valence-corrected chi connectivity index (χ2v) is 7.97. The Hall–Kier alpha value is -2.08. The summed E-state index contributed by atoms with van der Waals surface area (Å²) in [7, 11) is 1.63. The van der Waals surface area contributed by atoms with Gasteiger partial charge < -0.3 is 19.9 Å². The standard InChI is InChI=1S/C22H31N3O2S/c1-3-4-12-23-22(28)25(18-8-6-5-7-9-18)15-17-13-16-10-11-19(27-2)14-20(16)24-21(17)26/h10-11,13-14,18H,3-9,12,15H2,1-2H3,(H,23,28)(H,24,26). The molecule has 0 unspecified atom stereocenters. The summed E-state index contributed by atoms with van der Waals surface area (Å²) < 4.78 is 5.26. The van der Waals surface area contributed by atoms with Gasteiger partial charge in [-0.1, -0.05) is 32.6 Å².